The van der Waals surface area contributed by atoms with Gasteiger partial charge in [0.05, 0.1) is 5.56 Å². The summed E-state index contributed by atoms with van der Waals surface area (Å²) < 4.78 is 0. The van der Waals surface area contributed by atoms with Gasteiger partial charge in [-0.2, -0.15) is 0 Å². The number of nitrogens with one attached hydrogen (secondary N) is 1. The molecule has 0 bridgehead atoms. The van der Waals surface area contributed by atoms with Gasteiger partial charge in [0, 0.05) is 18.8 Å². The summed E-state index contributed by atoms with van der Waals surface area (Å²) >= 11 is 0. The first kappa shape index (κ1) is 15.4. The molecule has 0 atom stereocenters. The summed E-state index contributed by atoms with van der Waals surface area (Å²) in [5.41, 5.74) is 1.48. The van der Waals surface area contributed by atoms with Crippen molar-refractivity contribution in [1.82, 2.24) is 4.90 Å². The highest BCUT2D eigenvalue weighted by Crippen LogP contribution is 2.29. The number of carboxylic acids is 1. The SMILES string of the molecule is Cc1c(NC(=O)N2CCCC(C)(C)C2)cccc1C(=O)O. The minimum atomic E-state index is -0.984. The first-order valence-corrected chi connectivity index (χ1v) is 7.19. The lowest BCUT2D eigenvalue weighted by molar-refractivity contribution is 0.0696. The average molecular weight is 290 g/mol. The molecule has 1 aliphatic rings. The number of aromatic carboxylic acids is 1. The number of rotatable bonds is 2. The number of amides is 2. The molecule has 1 heterocycles. The van der Waals surface area contributed by atoms with E-state index < -0.39 is 5.97 Å². The molecule has 21 heavy (non-hydrogen) atoms. The molecule has 5 nitrogen and oxygen atoms in total. The Bertz CT molecular complexity index is 567. The van der Waals surface area contributed by atoms with E-state index in [1.807, 2.05) is 0 Å². The highest BCUT2D eigenvalue weighted by Gasteiger charge is 2.29. The topological polar surface area (TPSA) is 69.6 Å². The van der Waals surface area contributed by atoms with Gasteiger partial charge in [-0.25, -0.2) is 9.59 Å². The molecular weight excluding hydrogens is 268 g/mol. The van der Waals surface area contributed by atoms with Gasteiger partial charge in [-0.3, -0.25) is 0 Å². The van der Waals surface area contributed by atoms with Crippen molar-refractivity contribution in [3.05, 3.63) is 29.3 Å². The fourth-order valence-corrected chi connectivity index (χ4v) is 2.79. The Kier molecular flexibility index (Phi) is 4.21. The third-order valence-corrected chi connectivity index (χ3v) is 3.99. The van der Waals surface area contributed by atoms with E-state index in [1.54, 1.807) is 24.0 Å². The van der Waals surface area contributed by atoms with Gasteiger partial charge < -0.3 is 15.3 Å². The van der Waals surface area contributed by atoms with Crippen molar-refractivity contribution in [2.24, 2.45) is 5.41 Å². The number of urea groups is 1. The van der Waals surface area contributed by atoms with Crippen molar-refractivity contribution in [3.8, 4) is 0 Å². The first-order valence-electron chi connectivity index (χ1n) is 7.19. The number of benzene rings is 1. The van der Waals surface area contributed by atoms with Crippen LogP contribution >= 0.6 is 0 Å². The molecule has 5 heteroatoms. The monoisotopic (exact) mass is 290 g/mol. The number of carboxylic acid groups (broad SMARTS) is 1. The van der Waals surface area contributed by atoms with Gasteiger partial charge in [0.2, 0.25) is 0 Å². The van der Waals surface area contributed by atoms with Crippen LogP contribution in [0.25, 0.3) is 0 Å². The fourth-order valence-electron chi connectivity index (χ4n) is 2.79. The van der Waals surface area contributed by atoms with Crippen molar-refractivity contribution < 1.29 is 14.7 Å². The van der Waals surface area contributed by atoms with Gasteiger partial charge in [-0.15, -0.1) is 0 Å². The number of carbonyl (C=O) groups is 2. The lowest BCUT2D eigenvalue weighted by atomic mass is 9.84. The number of piperidine rings is 1. The second-order valence-electron chi connectivity index (χ2n) is 6.40. The van der Waals surface area contributed by atoms with E-state index in [2.05, 4.69) is 19.2 Å². The van der Waals surface area contributed by atoms with E-state index in [0.29, 0.717) is 11.3 Å². The molecule has 0 spiro atoms. The van der Waals surface area contributed by atoms with Crippen LogP contribution in [0.1, 0.15) is 42.6 Å². The van der Waals surface area contributed by atoms with Crippen LogP contribution in [-0.2, 0) is 0 Å². The average Bonchev–Trinajstić information content (AvgIpc) is 2.39. The maximum Gasteiger partial charge on any atom is 0.336 e. The highest BCUT2D eigenvalue weighted by atomic mass is 16.4. The van der Waals surface area contributed by atoms with Crippen LogP contribution in [-0.4, -0.2) is 35.1 Å². The second-order valence-corrected chi connectivity index (χ2v) is 6.40. The van der Waals surface area contributed by atoms with Crippen molar-refractivity contribution in [3.63, 3.8) is 0 Å². The summed E-state index contributed by atoms with van der Waals surface area (Å²) in [6, 6.07) is 4.76. The molecule has 2 amide bonds. The summed E-state index contributed by atoms with van der Waals surface area (Å²) in [5, 5.41) is 12.0. The zero-order valence-corrected chi connectivity index (χ0v) is 12.8. The standard InChI is InChI=1S/C16H22N2O3/c1-11-12(14(19)20)6-4-7-13(11)17-15(21)18-9-5-8-16(2,3)10-18/h4,6-7H,5,8-10H2,1-3H3,(H,17,21)(H,19,20). The number of anilines is 1. The number of likely N-dealkylation sites (tertiary alicyclic amines) is 1. The van der Waals surface area contributed by atoms with E-state index in [4.69, 9.17) is 5.11 Å². The molecule has 2 rings (SSSR count). The molecule has 0 saturated carbocycles. The summed E-state index contributed by atoms with van der Waals surface area (Å²) in [4.78, 5) is 25.3. The van der Waals surface area contributed by atoms with Gasteiger partial charge in [0.15, 0.2) is 0 Å². The maximum absolute atomic E-state index is 12.4. The van der Waals surface area contributed by atoms with Gasteiger partial charge in [0.25, 0.3) is 0 Å². The zero-order valence-electron chi connectivity index (χ0n) is 12.8. The first-order chi connectivity index (χ1) is 9.80. The number of nitrogens with zero attached hydrogens (tertiary/aromatic N) is 1. The van der Waals surface area contributed by atoms with Gasteiger partial charge in [-0.1, -0.05) is 19.9 Å². The Labute approximate surface area is 125 Å². The molecule has 2 N–H and O–H groups in total. The molecule has 1 aromatic carbocycles. The summed E-state index contributed by atoms with van der Waals surface area (Å²) in [5.74, 6) is -0.984. The van der Waals surface area contributed by atoms with Crippen molar-refractivity contribution >= 4 is 17.7 Å². The van der Waals surface area contributed by atoms with E-state index >= 15 is 0 Å². The van der Waals surface area contributed by atoms with Gasteiger partial charge >= 0.3 is 12.0 Å². The van der Waals surface area contributed by atoms with E-state index in [-0.39, 0.29) is 17.0 Å². The molecule has 1 aromatic rings. The Morgan fingerprint density at radius 2 is 2.05 bits per heavy atom. The summed E-state index contributed by atoms with van der Waals surface area (Å²) in [6.45, 7) is 7.48. The van der Waals surface area contributed by atoms with Crippen LogP contribution < -0.4 is 5.32 Å². The zero-order chi connectivity index (χ0) is 15.6. The van der Waals surface area contributed by atoms with Crippen LogP contribution in [0.5, 0.6) is 0 Å². The number of hydrogen-bond donors (Lipinski definition) is 2. The lowest BCUT2D eigenvalue weighted by Gasteiger charge is -2.38. The largest absolute Gasteiger partial charge is 0.478 e. The van der Waals surface area contributed by atoms with E-state index in [9.17, 15) is 9.59 Å². The van der Waals surface area contributed by atoms with Crippen molar-refractivity contribution in [2.45, 2.75) is 33.6 Å². The van der Waals surface area contributed by atoms with Crippen LogP contribution in [0.3, 0.4) is 0 Å². The molecule has 0 aromatic heterocycles. The molecule has 0 aliphatic carbocycles. The summed E-state index contributed by atoms with van der Waals surface area (Å²) in [6.07, 6.45) is 2.11. The lowest BCUT2D eigenvalue weighted by Crippen LogP contribution is -2.45. The quantitative estimate of drug-likeness (QED) is 0.877. The molecule has 1 saturated heterocycles. The Hall–Kier alpha value is -2.04. The predicted molar refractivity (Wildman–Crippen MR) is 81.7 cm³/mol. The van der Waals surface area contributed by atoms with Gasteiger partial charge in [-0.05, 0) is 42.9 Å². The van der Waals surface area contributed by atoms with Crippen LogP contribution in [0.15, 0.2) is 18.2 Å². The highest BCUT2D eigenvalue weighted by molar-refractivity contribution is 5.95. The second kappa shape index (κ2) is 5.76. The van der Waals surface area contributed by atoms with Crippen LogP contribution in [0, 0.1) is 12.3 Å². The van der Waals surface area contributed by atoms with Crippen LogP contribution in [0.2, 0.25) is 0 Å². The molecular formula is C16H22N2O3. The molecule has 1 fully saturated rings. The third-order valence-electron chi connectivity index (χ3n) is 3.99. The number of carbonyl (C=O) groups excluding carboxylic acids is 1. The van der Waals surface area contributed by atoms with Crippen LogP contribution in [0.4, 0.5) is 10.5 Å². The molecule has 114 valence electrons. The van der Waals surface area contributed by atoms with E-state index in [0.717, 1.165) is 25.9 Å². The minimum Gasteiger partial charge on any atom is -0.478 e. The predicted octanol–water partition coefficient (Wildman–Crippen LogP) is 3.35. The summed E-state index contributed by atoms with van der Waals surface area (Å²) in [7, 11) is 0. The maximum atomic E-state index is 12.4. The smallest absolute Gasteiger partial charge is 0.336 e. The normalized spacial score (nSPS) is 17.4. The molecule has 0 unspecified atom stereocenters. The van der Waals surface area contributed by atoms with E-state index in [1.165, 1.54) is 6.07 Å². The minimum absolute atomic E-state index is 0.132. The van der Waals surface area contributed by atoms with Crippen molar-refractivity contribution in [1.29, 1.82) is 0 Å². The number of hydrogen-bond acceptors (Lipinski definition) is 2. The van der Waals surface area contributed by atoms with Crippen molar-refractivity contribution in [2.75, 3.05) is 18.4 Å². The Morgan fingerprint density at radius 1 is 1.33 bits per heavy atom. The fraction of sp³-hybridized carbons (Fsp3) is 0.500. The van der Waals surface area contributed by atoms with Gasteiger partial charge in [0.1, 0.15) is 0 Å². The molecule has 1 aliphatic heterocycles. The Balaban J connectivity index is 2.13. The molecule has 0 radical (unpaired) electrons. The Morgan fingerprint density at radius 3 is 2.67 bits per heavy atom. The third kappa shape index (κ3) is 3.54.